The van der Waals surface area contributed by atoms with E-state index in [0.29, 0.717) is 19.0 Å². The highest BCUT2D eigenvalue weighted by Crippen LogP contribution is 2.19. The Morgan fingerprint density at radius 2 is 1.57 bits per heavy atom. The monoisotopic (exact) mass is 425 g/mol. The van der Waals surface area contributed by atoms with Gasteiger partial charge in [0.05, 0.1) is 24.8 Å². The molecule has 0 radical (unpaired) electrons. The number of rotatable bonds is 9. The van der Waals surface area contributed by atoms with E-state index < -0.39 is 29.0 Å². The van der Waals surface area contributed by atoms with Crippen LogP contribution in [0, 0.1) is 23.3 Å². The Kier molecular flexibility index (Phi) is 8.35. The van der Waals surface area contributed by atoms with Crippen molar-refractivity contribution < 1.29 is 27.2 Å². The molecule has 2 aromatic rings. The van der Waals surface area contributed by atoms with Crippen LogP contribution in [0.25, 0.3) is 0 Å². The second kappa shape index (κ2) is 10.7. The summed E-state index contributed by atoms with van der Waals surface area (Å²) < 4.78 is 53.0. The predicted octanol–water partition coefficient (Wildman–Crippen LogP) is 3.77. The molecule has 0 aromatic heterocycles. The predicted molar refractivity (Wildman–Crippen MR) is 105 cm³/mol. The minimum absolute atomic E-state index is 0.104. The summed E-state index contributed by atoms with van der Waals surface area (Å²) in [6, 6.07) is 6.98. The average Bonchev–Trinajstić information content (AvgIpc) is 2.69. The summed E-state index contributed by atoms with van der Waals surface area (Å²) in [7, 11) is 0. The average molecular weight is 425 g/mol. The summed E-state index contributed by atoms with van der Waals surface area (Å²) in [5.41, 5.74) is 0.239. The van der Waals surface area contributed by atoms with Crippen LogP contribution in [0.4, 0.5) is 23.2 Å². The summed E-state index contributed by atoms with van der Waals surface area (Å²) in [5, 5.41) is 4.95. The van der Waals surface area contributed by atoms with E-state index in [9.17, 15) is 27.2 Å². The highest BCUT2D eigenvalue weighted by Gasteiger charge is 2.19. The van der Waals surface area contributed by atoms with Crippen LogP contribution in [0.15, 0.2) is 36.4 Å². The Bertz CT molecular complexity index is 891. The molecule has 2 amide bonds. The summed E-state index contributed by atoms with van der Waals surface area (Å²) in [6.07, 6.45) is 0.646. The zero-order valence-electron chi connectivity index (χ0n) is 16.6. The van der Waals surface area contributed by atoms with Gasteiger partial charge in [-0.3, -0.25) is 14.5 Å². The van der Waals surface area contributed by atoms with Crippen molar-refractivity contribution in [1.82, 2.24) is 10.2 Å². The van der Waals surface area contributed by atoms with Crippen LogP contribution in [0.2, 0.25) is 0 Å². The molecule has 0 aliphatic carbocycles. The van der Waals surface area contributed by atoms with E-state index in [-0.39, 0.29) is 30.9 Å². The van der Waals surface area contributed by atoms with Crippen LogP contribution in [0.1, 0.15) is 31.9 Å². The lowest BCUT2D eigenvalue weighted by atomic mass is 10.1. The molecule has 0 aliphatic heterocycles. The number of carbonyl (C=O) groups is 2. The molecule has 0 heterocycles. The Morgan fingerprint density at radius 1 is 0.933 bits per heavy atom. The molecule has 5 nitrogen and oxygen atoms in total. The number of nitrogens with zero attached hydrogens (tertiary/aromatic N) is 1. The number of amides is 2. The number of benzene rings is 2. The molecule has 0 saturated heterocycles. The van der Waals surface area contributed by atoms with E-state index in [4.69, 9.17) is 0 Å². The van der Waals surface area contributed by atoms with Gasteiger partial charge >= 0.3 is 0 Å². The molecule has 162 valence electrons. The number of hydrogen-bond acceptors (Lipinski definition) is 3. The smallest absolute Gasteiger partial charge is 0.238 e. The van der Waals surface area contributed by atoms with Crippen LogP contribution >= 0.6 is 0 Å². The topological polar surface area (TPSA) is 61.4 Å². The van der Waals surface area contributed by atoms with Crippen LogP contribution < -0.4 is 10.6 Å². The maximum atomic E-state index is 13.7. The lowest BCUT2D eigenvalue weighted by Gasteiger charge is -2.22. The van der Waals surface area contributed by atoms with Crippen molar-refractivity contribution in [3.63, 3.8) is 0 Å². The highest BCUT2D eigenvalue weighted by atomic mass is 19.2. The van der Waals surface area contributed by atoms with Gasteiger partial charge in [-0.25, -0.2) is 17.6 Å². The van der Waals surface area contributed by atoms with Gasteiger partial charge in [0.15, 0.2) is 17.5 Å². The Balaban J connectivity index is 1.94. The van der Waals surface area contributed by atoms with Crippen molar-refractivity contribution >= 4 is 17.5 Å². The van der Waals surface area contributed by atoms with Gasteiger partial charge in [0, 0.05) is 0 Å². The number of nitrogens with one attached hydrogen (secondary N) is 2. The first-order valence-electron chi connectivity index (χ1n) is 9.41. The first-order chi connectivity index (χ1) is 14.2. The minimum Gasteiger partial charge on any atom is -0.348 e. The molecule has 0 aliphatic rings. The SMILES string of the molecule is CCCN(CC(=O)Nc1ccc(F)c(F)c1F)CC(=O)NC(C)c1ccc(F)cc1. The normalized spacial score (nSPS) is 12.0. The first kappa shape index (κ1) is 23.3. The molecule has 0 spiro atoms. The van der Waals surface area contributed by atoms with Crippen molar-refractivity contribution in [3.05, 3.63) is 65.2 Å². The maximum absolute atomic E-state index is 13.7. The number of carbonyl (C=O) groups excluding carboxylic acids is 2. The van der Waals surface area contributed by atoms with Gasteiger partial charge in [0.2, 0.25) is 11.8 Å². The number of halogens is 4. The third-order valence-corrected chi connectivity index (χ3v) is 4.33. The minimum atomic E-state index is -1.67. The molecular weight excluding hydrogens is 402 g/mol. The maximum Gasteiger partial charge on any atom is 0.238 e. The van der Waals surface area contributed by atoms with Crippen LogP contribution in [-0.4, -0.2) is 36.3 Å². The molecular formula is C21H23F4N3O2. The first-order valence-corrected chi connectivity index (χ1v) is 9.41. The second-order valence-corrected chi connectivity index (χ2v) is 6.82. The summed E-state index contributed by atoms with van der Waals surface area (Å²) in [4.78, 5) is 26.1. The van der Waals surface area contributed by atoms with Gasteiger partial charge in [0.25, 0.3) is 0 Å². The molecule has 2 N–H and O–H groups in total. The molecule has 1 unspecified atom stereocenters. The van der Waals surface area contributed by atoms with Crippen molar-refractivity contribution in [2.75, 3.05) is 25.0 Å². The van der Waals surface area contributed by atoms with Crippen molar-refractivity contribution in [1.29, 1.82) is 0 Å². The van der Waals surface area contributed by atoms with Gasteiger partial charge < -0.3 is 10.6 Å². The standard InChI is InChI=1S/C21H23F4N3O2/c1-3-10-28(11-18(29)26-13(2)14-4-6-15(22)7-5-14)12-19(30)27-17-9-8-16(23)20(24)21(17)25/h4-9,13H,3,10-12H2,1-2H3,(H,26,29)(H,27,30). The molecule has 0 fully saturated rings. The third kappa shape index (κ3) is 6.55. The fourth-order valence-electron chi connectivity index (χ4n) is 2.87. The lowest BCUT2D eigenvalue weighted by Crippen LogP contribution is -2.42. The summed E-state index contributed by atoms with van der Waals surface area (Å²) >= 11 is 0. The molecule has 2 rings (SSSR count). The van der Waals surface area contributed by atoms with Crippen molar-refractivity contribution in [2.45, 2.75) is 26.3 Å². The third-order valence-electron chi connectivity index (χ3n) is 4.33. The fraction of sp³-hybridized carbons (Fsp3) is 0.333. The van der Waals surface area contributed by atoms with E-state index in [1.54, 1.807) is 24.0 Å². The van der Waals surface area contributed by atoms with E-state index in [0.717, 1.165) is 11.6 Å². The second-order valence-electron chi connectivity index (χ2n) is 6.82. The number of anilines is 1. The van der Waals surface area contributed by atoms with Crippen LogP contribution in [-0.2, 0) is 9.59 Å². The van der Waals surface area contributed by atoms with E-state index >= 15 is 0 Å². The highest BCUT2D eigenvalue weighted by molar-refractivity contribution is 5.92. The molecule has 2 aromatic carbocycles. The summed E-state index contributed by atoms with van der Waals surface area (Å²) in [5.74, 6) is -5.93. The number of hydrogen-bond donors (Lipinski definition) is 2. The zero-order valence-corrected chi connectivity index (χ0v) is 16.6. The van der Waals surface area contributed by atoms with Gasteiger partial charge in [-0.1, -0.05) is 19.1 Å². The van der Waals surface area contributed by atoms with Crippen molar-refractivity contribution in [2.24, 2.45) is 0 Å². The van der Waals surface area contributed by atoms with Gasteiger partial charge in [-0.2, -0.15) is 0 Å². The largest absolute Gasteiger partial charge is 0.348 e. The summed E-state index contributed by atoms with van der Waals surface area (Å²) in [6.45, 7) is 3.66. The lowest BCUT2D eigenvalue weighted by molar-refractivity contribution is -0.124. The Hall–Kier alpha value is -2.94. The molecule has 30 heavy (non-hydrogen) atoms. The van der Waals surface area contributed by atoms with Crippen LogP contribution in [0.5, 0.6) is 0 Å². The molecule has 1 atom stereocenters. The molecule has 0 saturated carbocycles. The van der Waals surface area contributed by atoms with Gasteiger partial charge in [0.1, 0.15) is 5.82 Å². The quantitative estimate of drug-likeness (QED) is 0.475. The molecule has 9 heteroatoms. The van der Waals surface area contributed by atoms with E-state index in [1.807, 2.05) is 6.92 Å². The zero-order chi connectivity index (χ0) is 22.3. The Morgan fingerprint density at radius 3 is 2.20 bits per heavy atom. The Labute approximate surface area is 172 Å². The van der Waals surface area contributed by atoms with Crippen LogP contribution in [0.3, 0.4) is 0 Å². The van der Waals surface area contributed by atoms with Gasteiger partial charge in [-0.15, -0.1) is 0 Å². The van der Waals surface area contributed by atoms with E-state index in [2.05, 4.69) is 10.6 Å². The van der Waals surface area contributed by atoms with Crippen molar-refractivity contribution in [3.8, 4) is 0 Å². The van der Waals surface area contributed by atoms with E-state index in [1.165, 1.54) is 12.1 Å². The fourth-order valence-corrected chi connectivity index (χ4v) is 2.87. The van der Waals surface area contributed by atoms with Gasteiger partial charge in [-0.05, 0) is 49.7 Å². The molecule has 0 bridgehead atoms.